The van der Waals surface area contributed by atoms with E-state index in [1.807, 2.05) is 55.5 Å². The number of fused-ring (bicyclic) bond motifs is 3. The van der Waals surface area contributed by atoms with Crippen molar-refractivity contribution in [1.29, 1.82) is 0 Å². The van der Waals surface area contributed by atoms with Crippen LogP contribution in [0.15, 0.2) is 48.5 Å². The van der Waals surface area contributed by atoms with Crippen LogP contribution in [0.5, 0.6) is 0 Å². The van der Waals surface area contributed by atoms with E-state index in [1.54, 1.807) is 0 Å². The highest BCUT2D eigenvalue weighted by atomic mass is 16.5. The number of nitrogens with zero attached hydrogens (tertiary/aromatic N) is 1. The van der Waals surface area contributed by atoms with Gasteiger partial charge in [-0.05, 0) is 29.9 Å². The molecule has 2 aliphatic carbocycles. The molecule has 0 aromatic heterocycles. The van der Waals surface area contributed by atoms with Crippen molar-refractivity contribution in [3.63, 3.8) is 0 Å². The Labute approximate surface area is 175 Å². The van der Waals surface area contributed by atoms with E-state index in [0.29, 0.717) is 6.42 Å². The summed E-state index contributed by atoms with van der Waals surface area (Å²) in [4.78, 5) is 39.5. The molecule has 2 aromatic rings. The fourth-order valence-corrected chi connectivity index (χ4v) is 5.17. The Morgan fingerprint density at radius 1 is 1.07 bits per heavy atom. The number of amides is 3. The maximum absolute atomic E-state index is 13.1. The van der Waals surface area contributed by atoms with E-state index in [4.69, 9.17) is 4.74 Å². The molecule has 1 heterocycles. The number of hydrogen-bond acceptors (Lipinski definition) is 4. The van der Waals surface area contributed by atoms with Gasteiger partial charge in [0, 0.05) is 11.1 Å². The number of ether oxygens (including phenoxy) is 1. The highest BCUT2D eigenvalue weighted by Crippen LogP contribution is 2.45. The van der Waals surface area contributed by atoms with Crippen LogP contribution in [0.4, 0.5) is 4.79 Å². The van der Waals surface area contributed by atoms with Gasteiger partial charge in [0.2, 0.25) is 0 Å². The van der Waals surface area contributed by atoms with E-state index in [9.17, 15) is 14.4 Å². The van der Waals surface area contributed by atoms with Gasteiger partial charge in [0.15, 0.2) is 6.10 Å². The molecular formula is C24H24N2O4. The number of esters is 1. The molecule has 1 saturated heterocycles. The van der Waals surface area contributed by atoms with Crippen molar-refractivity contribution in [1.82, 2.24) is 10.2 Å². The molecule has 6 heteroatoms. The van der Waals surface area contributed by atoms with Gasteiger partial charge in [-0.15, -0.1) is 0 Å². The van der Waals surface area contributed by atoms with Crippen LogP contribution in [-0.2, 0) is 14.3 Å². The fraction of sp³-hybridized carbons (Fsp3) is 0.375. The second-order valence-electron chi connectivity index (χ2n) is 8.48. The third kappa shape index (κ3) is 2.74. The molecule has 1 aliphatic heterocycles. The van der Waals surface area contributed by atoms with E-state index in [0.717, 1.165) is 46.4 Å². The highest BCUT2D eigenvalue weighted by molar-refractivity contribution is 6.09. The van der Waals surface area contributed by atoms with Crippen LogP contribution in [0.25, 0.3) is 11.1 Å². The van der Waals surface area contributed by atoms with Gasteiger partial charge in [-0.1, -0.05) is 68.3 Å². The van der Waals surface area contributed by atoms with Crippen molar-refractivity contribution in [3.05, 3.63) is 59.7 Å². The van der Waals surface area contributed by atoms with Crippen LogP contribution in [0, 0.1) is 5.92 Å². The maximum Gasteiger partial charge on any atom is 0.327 e. The highest BCUT2D eigenvalue weighted by Gasteiger charge is 2.55. The minimum atomic E-state index is -0.873. The lowest BCUT2D eigenvalue weighted by atomic mass is 9.73. The largest absolute Gasteiger partial charge is 0.451 e. The number of imide groups is 1. The second kappa shape index (κ2) is 6.97. The molecule has 0 unspecified atom stereocenters. The molecule has 154 valence electrons. The zero-order valence-electron chi connectivity index (χ0n) is 16.9. The number of hydrogen-bond donors (Lipinski definition) is 1. The first-order valence-electron chi connectivity index (χ1n) is 10.5. The minimum Gasteiger partial charge on any atom is -0.451 e. The van der Waals surface area contributed by atoms with Crippen molar-refractivity contribution in [2.45, 2.75) is 44.2 Å². The molecule has 1 saturated carbocycles. The standard InChI is InChI=1S/C24H24N2O4/c1-15-8-6-7-13-24(15)22(28)26(23(29)25-24)14-20(27)30-21-18-11-4-2-9-16(18)17-10-3-5-12-19(17)21/h2-5,9-12,15,21H,6-8,13-14H2,1H3,(H,25,29)/t15-,24+/m0/s1. The molecule has 1 spiro atoms. The predicted octanol–water partition coefficient (Wildman–Crippen LogP) is 3.80. The summed E-state index contributed by atoms with van der Waals surface area (Å²) in [5, 5.41) is 2.88. The van der Waals surface area contributed by atoms with Gasteiger partial charge < -0.3 is 10.1 Å². The molecule has 6 nitrogen and oxygen atoms in total. The Balaban J connectivity index is 1.36. The Morgan fingerprint density at radius 3 is 2.33 bits per heavy atom. The molecule has 30 heavy (non-hydrogen) atoms. The Hall–Kier alpha value is -3.15. The first kappa shape index (κ1) is 18.9. The summed E-state index contributed by atoms with van der Waals surface area (Å²) in [5.74, 6) is -0.836. The number of carbonyl (C=O) groups is 3. The van der Waals surface area contributed by atoms with E-state index < -0.39 is 23.6 Å². The normalized spacial score (nSPS) is 25.2. The Morgan fingerprint density at radius 2 is 1.70 bits per heavy atom. The number of rotatable bonds is 3. The zero-order valence-corrected chi connectivity index (χ0v) is 16.9. The van der Waals surface area contributed by atoms with Crippen molar-refractivity contribution in [2.24, 2.45) is 5.92 Å². The molecule has 2 aromatic carbocycles. The quantitative estimate of drug-likeness (QED) is 0.624. The van der Waals surface area contributed by atoms with Crippen LogP contribution in [0.3, 0.4) is 0 Å². The second-order valence-corrected chi connectivity index (χ2v) is 8.48. The van der Waals surface area contributed by atoms with Crippen LogP contribution in [-0.4, -0.2) is 34.9 Å². The molecule has 3 amide bonds. The lowest BCUT2D eigenvalue weighted by Gasteiger charge is -2.36. The van der Waals surface area contributed by atoms with Gasteiger partial charge in [0.05, 0.1) is 0 Å². The molecule has 2 fully saturated rings. The fourth-order valence-electron chi connectivity index (χ4n) is 5.17. The number of carbonyl (C=O) groups excluding carboxylic acids is 3. The summed E-state index contributed by atoms with van der Waals surface area (Å²) in [7, 11) is 0. The van der Waals surface area contributed by atoms with Gasteiger partial charge in [0.25, 0.3) is 5.91 Å². The monoisotopic (exact) mass is 404 g/mol. The van der Waals surface area contributed by atoms with E-state index in [1.165, 1.54) is 0 Å². The molecule has 0 radical (unpaired) electrons. The average Bonchev–Trinajstić information content (AvgIpc) is 3.18. The number of benzene rings is 2. The van der Waals surface area contributed by atoms with Crippen molar-refractivity contribution < 1.29 is 19.1 Å². The number of nitrogens with one attached hydrogen (secondary N) is 1. The lowest BCUT2D eigenvalue weighted by molar-refractivity contribution is -0.151. The first-order chi connectivity index (χ1) is 14.5. The third-order valence-corrected chi connectivity index (χ3v) is 6.81. The minimum absolute atomic E-state index is 0.0531. The molecular weight excluding hydrogens is 380 g/mol. The molecule has 3 aliphatic rings. The Kier molecular flexibility index (Phi) is 4.38. The average molecular weight is 404 g/mol. The van der Waals surface area contributed by atoms with E-state index in [-0.39, 0.29) is 18.4 Å². The molecule has 5 rings (SSSR count). The van der Waals surface area contributed by atoms with E-state index in [2.05, 4.69) is 5.32 Å². The van der Waals surface area contributed by atoms with Crippen LogP contribution in [0.2, 0.25) is 0 Å². The Bertz CT molecular complexity index is 1000. The van der Waals surface area contributed by atoms with Crippen LogP contribution >= 0.6 is 0 Å². The maximum atomic E-state index is 13.1. The lowest BCUT2D eigenvalue weighted by Crippen LogP contribution is -2.54. The van der Waals surface area contributed by atoms with Gasteiger partial charge in [-0.2, -0.15) is 0 Å². The predicted molar refractivity (Wildman–Crippen MR) is 110 cm³/mol. The van der Waals surface area contributed by atoms with Gasteiger partial charge in [-0.3, -0.25) is 14.5 Å². The van der Waals surface area contributed by atoms with Crippen LogP contribution < -0.4 is 5.32 Å². The third-order valence-electron chi connectivity index (χ3n) is 6.81. The van der Waals surface area contributed by atoms with Crippen LogP contribution in [0.1, 0.15) is 49.8 Å². The summed E-state index contributed by atoms with van der Waals surface area (Å²) in [6, 6.07) is 15.1. The van der Waals surface area contributed by atoms with Crippen molar-refractivity contribution >= 4 is 17.9 Å². The molecule has 2 atom stereocenters. The first-order valence-corrected chi connectivity index (χ1v) is 10.5. The smallest absolute Gasteiger partial charge is 0.327 e. The summed E-state index contributed by atoms with van der Waals surface area (Å²) in [6.45, 7) is 1.62. The summed E-state index contributed by atoms with van der Waals surface area (Å²) >= 11 is 0. The zero-order chi connectivity index (χ0) is 20.9. The van der Waals surface area contributed by atoms with Gasteiger partial charge in [-0.25, -0.2) is 4.79 Å². The number of urea groups is 1. The SMILES string of the molecule is C[C@H]1CCCC[C@@]12NC(=O)N(CC(=O)OC1c3ccccc3-c3ccccc31)C2=O. The summed E-state index contributed by atoms with van der Waals surface area (Å²) in [6.07, 6.45) is 2.92. The van der Waals surface area contributed by atoms with Gasteiger partial charge >= 0.3 is 12.0 Å². The molecule has 0 bridgehead atoms. The van der Waals surface area contributed by atoms with Crippen molar-refractivity contribution in [3.8, 4) is 11.1 Å². The topological polar surface area (TPSA) is 75.7 Å². The molecule has 1 N–H and O–H groups in total. The van der Waals surface area contributed by atoms with Crippen molar-refractivity contribution in [2.75, 3.05) is 6.54 Å². The van der Waals surface area contributed by atoms with E-state index >= 15 is 0 Å². The summed E-state index contributed by atoms with van der Waals surface area (Å²) in [5.41, 5.74) is 3.04. The van der Waals surface area contributed by atoms with Gasteiger partial charge in [0.1, 0.15) is 12.1 Å². The summed E-state index contributed by atoms with van der Waals surface area (Å²) < 4.78 is 5.81.